The minimum Gasteiger partial charge on any atom is -0.507 e. The third-order valence-electron chi connectivity index (χ3n) is 8.94. The van der Waals surface area contributed by atoms with Gasteiger partial charge in [-0.25, -0.2) is 0 Å². The van der Waals surface area contributed by atoms with Gasteiger partial charge in [-0.05, 0) is 62.8 Å². The second-order valence-electron chi connectivity index (χ2n) is 14.3. The number of benzene rings is 4. The minimum atomic E-state index is -0.500. The van der Waals surface area contributed by atoms with E-state index in [9.17, 15) is 30.5 Å². The van der Waals surface area contributed by atoms with Gasteiger partial charge in [0.25, 0.3) is 5.69 Å². The Morgan fingerprint density at radius 1 is 0.600 bits per heavy atom. The molecule has 45 heavy (non-hydrogen) atoms. The van der Waals surface area contributed by atoms with Crippen LogP contribution < -0.4 is 0 Å². The smallest absolute Gasteiger partial charge is 0.270 e. The van der Waals surface area contributed by atoms with Crippen molar-refractivity contribution in [3.05, 3.63) is 119 Å². The van der Waals surface area contributed by atoms with Crippen LogP contribution in [0.25, 0.3) is 0 Å². The zero-order valence-electron chi connectivity index (χ0n) is 26.8. The Kier molecular flexibility index (Phi) is 8.07. The van der Waals surface area contributed by atoms with Gasteiger partial charge in [-0.1, -0.05) is 77.4 Å². The summed E-state index contributed by atoms with van der Waals surface area (Å²) in [4.78, 5) is 11.5. The Bertz CT molecular complexity index is 1860. The number of hydrogen-bond donors (Lipinski definition) is 4. The zero-order chi connectivity index (χ0) is 33.2. The lowest BCUT2D eigenvalue weighted by molar-refractivity contribution is -0.385. The fourth-order valence-corrected chi connectivity index (χ4v) is 6.29. The van der Waals surface area contributed by atoms with Crippen LogP contribution in [0.15, 0.2) is 42.5 Å². The van der Waals surface area contributed by atoms with E-state index < -0.39 is 4.92 Å². The van der Waals surface area contributed by atoms with Crippen LogP contribution in [-0.4, -0.2) is 25.3 Å². The van der Waals surface area contributed by atoms with E-state index in [2.05, 4.69) is 0 Å². The van der Waals surface area contributed by atoms with Crippen molar-refractivity contribution in [3.8, 4) is 23.0 Å². The molecule has 0 fully saturated rings. The first-order chi connectivity index (χ1) is 20.8. The highest BCUT2D eigenvalue weighted by Crippen LogP contribution is 2.43. The Morgan fingerprint density at radius 2 is 0.933 bits per heavy atom. The van der Waals surface area contributed by atoms with Crippen LogP contribution in [0.3, 0.4) is 0 Å². The molecule has 0 aromatic heterocycles. The summed E-state index contributed by atoms with van der Waals surface area (Å²) in [5, 5.41) is 58.9. The molecule has 0 heterocycles. The molecule has 7 nitrogen and oxygen atoms in total. The van der Waals surface area contributed by atoms with E-state index in [4.69, 9.17) is 11.6 Å². The molecule has 0 unspecified atom stereocenters. The van der Waals surface area contributed by atoms with Gasteiger partial charge in [0, 0.05) is 65.1 Å². The molecule has 1 aliphatic rings. The largest absolute Gasteiger partial charge is 0.507 e. The standard InChI is InChI=1S/C37H40ClNO6/c1-19-30-17-26-14-28(37(5,6)7)12-21(33(26)41)9-24-16-29(39(44)45)15-23(34(24)42)8-20-11-27(36(2,3)4)13-22(32(20)40)10-25(35(30)43)18-31(19)38/h11-16,18,40-43H,8-10,17H2,1-7H3. The predicted molar refractivity (Wildman–Crippen MR) is 177 cm³/mol. The van der Waals surface area contributed by atoms with Crippen LogP contribution in [0.1, 0.15) is 103 Å². The lowest BCUT2D eigenvalue weighted by Gasteiger charge is -2.25. The Balaban J connectivity index is 1.87. The number of non-ortho nitro benzene ring substituents is 1. The fraction of sp³-hybridized carbons (Fsp3) is 0.351. The number of nitrogens with zero attached hydrogens (tertiary/aromatic N) is 1. The lowest BCUT2D eigenvalue weighted by atomic mass is 9.81. The lowest BCUT2D eigenvalue weighted by Crippen LogP contribution is -2.13. The number of fused-ring (bicyclic) bond motifs is 8. The number of rotatable bonds is 1. The van der Waals surface area contributed by atoms with Crippen molar-refractivity contribution >= 4 is 17.3 Å². The molecular formula is C37H40ClNO6. The van der Waals surface area contributed by atoms with E-state index in [1.807, 2.05) is 72.7 Å². The van der Waals surface area contributed by atoms with Crippen molar-refractivity contribution in [2.45, 2.75) is 85.0 Å². The molecule has 0 aliphatic heterocycles. The van der Waals surface area contributed by atoms with Crippen molar-refractivity contribution in [2.75, 3.05) is 0 Å². The van der Waals surface area contributed by atoms with Crippen molar-refractivity contribution in [1.29, 1.82) is 0 Å². The molecule has 1 aliphatic carbocycles. The molecule has 8 heteroatoms. The summed E-state index contributed by atoms with van der Waals surface area (Å²) in [6, 6.07) is 11.9. The second-order valence-corrected chi connectivity index (χ2v) is 14.7. The number of phenols is 4. The number of phenolic OH excluding ortho intramolecular Hbond substituents is 4. The summed E-state index contributed by atoms with van der Waals surface area (Å²) in [5.41, 5.74) is 5.45. The van der Waals surface area contributed by atoms with Crippen molar-refractivity contribution in [1.82, 2.24) is 0 Å². The Labute approximate surface area is 268 Å². The first-order valence-electron chi connectivity index (χ1n) is 15.0. The monoisotopic (exact) mass is 629 g/mol. The maximum Gasteiger partial charge on any atom is 0.270 e. The van der Waals surface area contributed by atoms with Gasteiger partial charge in [0.1, 0.15) is 23.0 Å². The van der Waals surface area contributed by atoms with Gasteiger partial charge in [0.15, 0.2) is 0 Å². The van der Waals surface area contributed by atoms with Crippen LogP contribution >= 0.6 is 11.6 Å². The number of halogens is 1. The van der Waals surface area contributed by atoms with Gasteiger partial charge < -0.3 is 20.4 Å². The van der Waals surface area contributed by atoms with Crippen LogP contribution in [0, 0.1) is 17.0 Å². The highest BCUT2D eigenvalue weighted by Gasteiger charge is 2.26. The SMILES string of the molecule is Cc1c(Cl)cc2c(O)c1Cc1cc(C(C)(C)C)cc(c1O)Cc1cc([N+](=O)[O-])cc(c1O)Cc1cc(C(C)(C)C)cc(c1O)C2. The molecule has 4 aromatic carbocycles. The maximum atomic E-state index is 12.0. The number of nitro benzene ring substituents is 1. The van der Waals surface area contributed by atoms with Crippen LogP contribution in [0.2, 0.25) is 5.02 Å². The number of hydrogen-bond acceptors (Lipinski definition) is 6. The van der Waals surface area contributed by atoms with E-state index >= 15 is 0 Å². The Morgan fingerprint density at radius 3 is 1.29 bits per heavy atom. The number of aromatic hydroxyl groups is 4. The summed E-state index contributed by atoms with van der Waals surface area (Å²) in [5.74, 6) is -0.104. The van der Waals surface area contributed by atoms with Gasteiger partial charge in [0.05, 0.1) is 4.92 Å². The third kappa shape index (κ3) is 6.19. The normalized spacial score (nSPS) is 13.5. The van der Waals surface area contributed by atoms with E-state index in [1.54, 1.807) is 6.07 Å². The summed E-state index contributed by atoms with van der Waals surface area (Å²) in [6.45, 7) is 14.1. The van der Waals surface area contributed by atoms with E-state index in [1.165, 1.54) is 12.1 Å². The molecule has 0 saturated heterocycles. The topological polar surface area (TPSA) is 124 Å². The summed E-state index contributed by atoms with van der Waals surface area (Å²) >= 11 is 6.74. The average molecular weight is 630 g/mol. The highest BCUT2D eigenvalue weighted by atomic mass is 35.5. The fourth-order valence-electron chi connectivity index (χ4n) is 6.04. The average Bonchev–Trinajstić information content (AvgIpc) is 2.93. The van der Waals surface area contributed by atoms with Crippen LogP contribution in [0.4, 0.5) is 5.69 Å². The molecule has 5 rings (SSSR count). The van der Waals surface area contributed by atoms with Crippen molar-refractivity contribution in [2.24, 2.45) is 0 Å². The van der Waals surface area contributed by atoms with Gasteiger partial charge in [-0.15, -0.1) is 0 Å². The summed E-state index contributed by atoms with van der Waals surface area (Å²) < 4.78 is 0. The van der Waals surface area contributed by atoms with Crippen LogP contribution in [0.5, 0.6) is 23.0 Å². The summed E-state index contributed by atoms with van der Waals surface area (Å²) in [6.07, 6.45) is 0.370. The molecule has 0 saturated carbocycles. The molecule has 236 valence electrons. The molecular weight excluding hydrogens is 590 g/mol. The van der Waals surface area contributed by atoms with E-state index in [0.717, 1.165) is 11.1 Å². The van der Waals surface area contributed by atoms with Crippen molar-refractivity contribution in [3.63, 3.8) is 0 Å². The first kappa shape index (κ1) is 32.2. The van der Waals surface area contributed by atoms with Gasteiger partial charge in [-0.3, -0.25) is 10.1 Å². The maximum absolute atomic E-state index is 12.0. The Hall–Kier alpha value is -4.23. The van der Waals surface area contributed by atoms with Gasteiger partial charge in [-0.2, -0.15) is 0 Å². The molecule has 4 aromatic rings. The molecule has 0 spiro atoms. The third-order valence-corrected chi connectivity index (χ3v) is 9.34. The quantitative estimate of drug-likeness (QED) is 0.109. The minimum absolute atomic E-state index is 0.0134. The second kappa shape index (κ2) is 11.3. The van der Waals surface area contributed by atoms with E-state index in [0.29, 0.717) is 44.0 Å². The number of nitro groups is 1. The van der Waals surface area contributed by atoms with Gasteiger partial charge in [0.2, 0.25) is 0 Å². The van der Waals surface area contributed by atoms with E-state index in [-0.39, 0.29) is 76.3 Å². The molecule has 8 bridgehead atoms. The molecule has 0 amide bonds. The summed E-state index contributed by atoms with van der Waals surface area (Å²) in [7, 11) is 0. The van der Waals surface area contributed by atoms with Crippen LogP contribution in [-0.2, 0) is 36.5 Å². The molecule has 4 N–H and O–H groups in total. The predicted octanol–water partition coefficient (Wildman–Crippen LogP) is 8.65. The van der Waals surface area contributed by atoms with Crippen molar-refractivity contribution < 1.29 is 25.3 Å². The molecule has 0 atom stereocenters. The highest BCUT2D eigenvalue weighted by molar-refractivity contribution is 6.31. The van der Waals surface area contributed by atoms with Gasteiger partial charge >= 0.3 is 0 Å². The molecule has 0 radical (unpaired) electrons. The first-order valence-corrected chi connectivity index (χ1v) is 15.4. The zero-order valence-corrected chi connectivity index (χ0v) is 27.6.